The molecule has 8 heteroatoms. The summed E-state index contributed by atoms with van der Waals surface area (Å²) in [5.74, 6) is -1.25. The van der Waals surface area contributed by atoms with Crippen molar-refractivity contribution in [3.63, 3.8) is 0 Å². The molecular formula is C10H17N5O3. The second kappa shape index (κ2) is 6.70. The van der Waals surface area contributed by atoms with E-state index in [-0.39, 0.29) is 19.0 Å². The van der Waals surface area contributed by atoms with Gasteiger partial charge in [0, 0.05) is 0 Å². The molecule has 0 spiro atoms. The fourth-order valence-corrected chi connectivity index (χ4v) is 1.39. The topological polar surface area (TPSA) is 123 Å². The first-order valence-corrected chi connectivity index (χ1v) is 5.67. The lowest BCUT2D eigenvalue weighted by Gasteiger charge is -2.09. The van der Waals surface area contributed by atoms with Crippen molar-refractivity contribution in [2.24, 2.45) is 5.73 Å². The molecule has 1 aromatic heterocycles. The minimum absolute atomic E-state index is 0.190. The number of aliphatic carboxylic acids is 1. The number of amides is 1. The second-order valence-corrected chi connectivity index (χ2v) is 3.91. The molecule has 0 saturated carbocycles. The van der Waals surface area contributed by atoms with Gasteiger partial charge in [-0.2, -0.15) is 0 Å². The quantitative estimate of drug-likeness (QED) is 0.580. The van der Waals surface area contributed by atoms with Gasteiger partial charge in [0.05, 0.1) is 18.8 Å². The van der Waals surface area contributed by atoms with Crippen LogP contribution in [-0.4, -0.2) is 38.0 Å². The summed E-state index contributed by atoms with van der Waals surface area (Å²) in [6.45, 7) is 1.89. The zero-order chi connectivity index (χ0) is 13.5. The molecule has 1 amide bonds. The van der Waals surface area contributed by atoms with Crippen LogP contribution in [0.1, 0.15) is 25.5 Å². The van der Waals surface area contributed by atoms with Gasteiger partial charge < -0.3 is 16.2 Å². The lowest BCUT2D eigenvalue weighted by molar-refractivity contribution is -0.138. The van der Waals surface area contributed by atoms with Crippen LogP contribution in [0.5, 0.6) is 0 Å². The maximum Gasteiger partial charge on any atom is 0.325 e. The summed E-state index contributed by atoms with van der Waals surface area (Å²) in [7, 11) is 0. The van der Waals surface area contributed by atoms with Crippen LogP contribution in [-0.2, 0) is 22.7 Å². The van der Waals surface area contributed by atoms with E-state index in [0.29, 0.717) is 12.1 Å². The van der Waals surface area contributed by atoms with E-state index in [0.717, 1.165) is 6.42 Å². The van der Waals surface area contributed by atoms with Gasteiger partial charge in [-0.05, 0) is 6.42 Å². The Morgan fingerprint density at radius 2 is 2.33 bits per heavy atom. The van der Waals surface area contributed by atoms with Gasteiger partial charge >= 0.3 is 5.97 Å². The zero-order valence-electron chi connectivity index (χ0n) is 10.2. The summed E-state index contributed by atoms with van der Waals surface area (Å²) in [5, 5.41) is 18.5. The molecule has 0 aliphatic carbocycles. The molecule has 0 saturated heterocycles. The fourth-order valence-electron chi connectivity index (χ4n) is 1.39. The van der Waals surface area contributed by atoms with E-state index < -0.39 is 12.0 Å². The predicted octanol–water partition coefficient (Wildman–Crippen LogP) is -0.894. The molecule has 100 valence electrons. The third kappa shape index (κ3) is 4.50. The molecule has 0 aliphatic heterocycles. The third-order valence-electron chi connectivity index (χ3n) is 2.26. The van der Waals surface area contributed by atoms with Crippen molar-refractivity contribution < 1.29 is 14.7 Å². The molecule has 0 aromatic carbocycles. The van der Waals surface area contributed by atoms with Crippen molar-refractivity contribution in [1.29, 1.82) is 0 Å². The monoisotopic (exact) mass is 255 g/mol. The Kier molecular flexibility index (Phi) is 5.25. The molecule has 0 unspecified atom stereocenters. The number of nitrogens with two attached hydrogens (primary N) is 1. The molecular weight excluding hydrogens is 238 g/mol. The molecule has 1 heterocycles. The molecule has 0 bridgehead atoms. The van der Waals surface area contributed by atoms with E-state index in [1.165, 1.54) is 10.9 Å². The van der Waals surface area contributed by atoms with E-state index in [1.807, 2.05) is 6.92 Å². The molecule has 0 fully saturated rings. The highest BCUT2D eigenvalue weighted by atomic mass is 16.4. The van der Waals surface area contributed by atoms with E-state index in [2.05, 4.69) is 15.6 Å². The average Bonchev–Trinajstić information content (AvgIpc) is 2.73. The van der Waals surface area contributed by atoms with Gasteiger partial charge in [-0.15, -0.1) is 5.10 Å². The predicted molar refractivity (Wildman–Crippen MR) is 62.4 cm³/mol. The van der Waals surface area contributed by atoms with Gasteiger partial charge in [-0.1, -0.05) is 18.6 Å². The molecule has 1 rings (SSSR count). The summed E-state index contributed by atoms with van der Waals surface area (Å²) >= 11 is 0. The van der Waals surface area contributed by atoms with Crippen LogP contribution in [0.4, 0.5) is 0 Å². The van der Waals surface area contributed by atoms with Gasteiger partial charge in [0.1, 0.15) is 12.2 Å². The summed E-state index contributed by atoms with van der Waals surface area (Å²) in [6, 6.07) is -0.524. The van der Waals surface area contributed by atoms with Crippen LogP contribution in [0.2, 0.25) is 0 Å². The van der Waals surface area contributed by atoms with Crippen molar-refractivity contribution in [2.75, 3.05) is 0 Å². The molecule has 18 heavy (non-hydrogen) atoms. The molecule has 1 aromatic rings. The number of rotatable bonds is 7. The first-order chi connectivity index (χ1) is 8.52. The van der Waals surface area contributed by atoms with E-state index in [1.54, 1.807) is 0 Å². The Balaban J connectivity index is 2.41. The Bertz CT molecular complexity index is 417. The molecule has 8 nitrogen and oxygen atoms in total. The smallest absolute Gasteiger partial charge is 0.325 e. The van der Waals surface area contributed by atoms with Gasteiger partial charge in [0.25, 0.3) is 0 Å². The van der Waals surface area contributed by atoms with Crippen LogP contribution >= 0.6 is 0 Å². The van der Waals surface area contributed by atoms with Gasteiger partial charge in [-0.3, -0.25) is 9.59 Å². The first kappa shape index (κ1) is 14.1. The largest absolute Gasteiger partial charge is 0.480 e. The number of nitrogens with zero attached hydrogens (tertiary/aromatic N) is 3. The number of carboxylic acid groups (broad SMARTS) is 1. The standard InChI is InChI=1S/C10H17N5O3/c1-2-3-8(11)10(18)12-4-7-5-15(14-13-7)6-9(16)17/h5,8H,2-4,6,11H2,1H3,(H,12,18)(H,16,17)/t8-/m1/s1. The van der Waals surface area contributed by atoms with Gasteiger partial charge in [-0.25, -0.2) is 4.68 Å². The lowest BCUT2D eigenvalue weighted by atomic mass is 10.2. The lowest BCUT2D eigenvalue weighted by Crippen LogP contribution is -2.40. The van der Waals surface area contributed by atoms with Gasteiger partial charge in [0.2, 0.25) is 5.91 Å². The summed E-state index contributed by atoms with van der Waals surface area (Å²) in [6.07, 6.45) is 2.93. The number of aromatic nitrogens is 3. The number of carbonyl (C=O) groups excluding carboxylic acids is 1. The summed E-state index contributed by atoms with van der Waals surface area (Å²) in [5.41, 5.74) is 6.13. The average molecular weight is 255 g/mol. The Hall–Kier alpha value is -1.96. The van der Waals surface area contributed by atoms with Crippen LogP contribution in [0.3, 0.4) is 0 Å². The number of carbonyl (C=O) groups is 2. The highest BCUT2D eigenvalue weighted by molar-refractivity contribution is 5.81. The highest BCUT2D eigenvalue weighted by Gasteiger charge is 2.12. The molecule has 4 N–H and O–H groups in total. The molecule has 0 aliphatic rings. The minimum Gasteiger partial charge on any atom is -0.480 e. The third-order valence-corrected chi connectivity index (χ3v) is 2.26. The highest BCUT2D eigenvalue weighted by Crippen LogP contribution is 1.96. The first-order valence-electron chi connectivity index (χ1n) is 5.67. The van der Waals surface area contributed by atoms with Crippen LogP contribution in [0.25, 0.3) is 0 Å². The number of nitrogens with one attached hydrogen (secondary N) is 1. The van der Waals surface area contributed by atoms with Crippen molar-refractivity contribution in [1.82, 2.24) is 20.3 Å². The minimum atomic E-state index is -1.000. The van der Waals surface area contributed by atoms with Crippen LogP contribution < -0.4 is 11.1 Å². The van der Waals surface area contributed by atoms with E-state index >= 15 is 0 Å². The molecule has 0 radical (unpaired) electrons. The van der Waals surface area contributed by atoms with Crippen LogP contribution in [0.15, 0.2) is 6.20 Å². The van der Waals surface area contributed by atoms with E-state index in [4.69, 9.17) is 10.8 Å². The summed E-state index contributed by atoms with van der Waals surface area (Å²) < 4.78 is 1.19. The fraction of sp³-hybridized carbons (Fsp3) is 0.600. The zero-order valence-corrected chi connectivity index (χ0v) is 10.2. The van der Waals surface area contributed by atoms with Crippen molar-refractivity contribution in [3.05, 3.63) is 11.9 Å². The van der Waals surface area contributed by atoms with Crippen LogP contribution in [0, 0.1) is 0 Å². The van der Waals surface area contributed by atoms with Crippen molar-refractivity contribution in [2.45, 2.75) is 38.9 Å². The van der Waals surface area contributed by atoms with Crippen molar-refractivity contribution in [3.8, 4) is 0 Å². The van der Waals surface area contributed by atoms with E-state index in [9.17, 15) is 9.59 Å². The Morgan fingerprint density at radius 1 is 1.61 bits per heavy atom. The van der Waals surface area contributed by atoms with Gasteiger partial charge in [0.15, 0.2) is 0 Å². The van der Waals surface area contributed by atoms with Crippen molar-refractivity contribution >= 4 is 11.9 Å². The Labute approximate surface area is 104 Å². The number of carboxylic acids is 1. The second-order valence-electron chi connectivity index (χ2n) is 3.91. The maximum absolute atomic E-state index is 11.5. The Morgan fingerprint density at radius 3 is 2.94 bits per heavy atom. The number of hydrogen-bond acceptors (Lipinski definition) is 5. The maximum atomic E-state index is 11.5. The SMILES string of the molecule is CCC[C@@H](N)C(=O)NCc1cn(CC(=O)O)nn1. The normalized spacial score (nSPS) is 12.1. The molecule has 1 atom stereocenters. The summed E-state index contributed by atoms with van der Waals surface area (Å²) in [4.78, 5) is 21.9. The number of hydrogen-bond donors (Lipinski definition) is 3.